The molecule has 0 aliphatic carbocycles. The van der Waals surface area contributed by atoms with Gasteiger partial charge >= 0.3 is 0 Å². The fourth-order valence-electron chi connectivity index (χ4n) is 4.55. The van der Waals surface area contributed by atoms with E-state index in [0.717, 1.165) is 35.9 Å². The number of piperidine rings is 1. The Hall–Kier alpha value is -3.16. The van der Waals surface area contributed by atoms with E-state index in [9.17, 15) is 9.59 Å². The summed E-state index contributed by atoms with van der Waals surface area (Å²) in [6.45, 7) is 5.26. The number of nitrogens with zero attached hydrogens (tertiary/aromatic N) is 4. The van der Waals surface area contributed by atoms with Gasteiger partial charge in [0, 0.05) is 42.6 Å². The number of likely N-dealkylation sites (tertiary alicyclic amines) is 1. The van der Waals surface area contributed by atoms with E-state index in [1.54, 1.807) is 10.9 Å². The molecule has 3 aromatic heterocycles. The Kier molecular flexibility index (Phi) is 3.97. The van der Waals surface area contributed by atoms with E-state index in [0.29, 0.717) is 24.3 Å². The van der Waals surface area contributed by atoms with E-state index in [1.807, 2.05) is 43.3 Å². The van der Waals surface area contributed by atoms with Crippen molar-refractivity contribution in [2.24, 2.45) is 0 Å². The first-order chi connectivity index (χ1) is 14.0. The molecule has 0 aromatic carbocycles. The van der Waals surface area contributed by atoms with Crippen LogP contribution in [0.1, 0.15) is 59.1 Å². The number of hydrogen-bond donors (Lipinski definition) is 2. The lowest BCUT2D eigenvalue weighted by atomic mass is 9.79. The van der Waals surface area contributed by atoms with Crippen LogP contribution in [0, 0.1) is 0 Å². The van der Waals surface area contributed by atoms with Crippen molar-refractivity contribution in [3.8, 4) is 0 Å². The number of nitrogens with one attached hydrogen (secondary N) is 2. The van der Waals surface area contributed by atoms with E-state index in [2.05, 4.69) is 20.4 Å². The van der Waals surface area contributed by atoms with E-state index in [-0.39, 0.29) is 23.4 Å². The molecule has 0 unspecified atom stereocenters. The molecule has 1 spiro atoms. The summed E-state index contributed by atoms with van der Waals surface area (Å²) in [6, 6.07) is 3.88. The second-order valence-electron chi connectivity index (χ2n) is 8.39. The highest BCUT2D eigenvalue weighted by Gasteiger charge is 2.43. The molecule has 150 valence electrons. The molecule has 0 radical (unpaired) electrons. The molecule has 5 rings (SSSR count). The highest BCUT2D eigenvalue weighted by Crippen LogP contribution is 2.33. The molecule has 2 N–H and O–H groups in total. The van der Waals surface area contributed by atoms with Gasteiger partial charge in [-0.2, -0.15) is 5.10 Å². The molecular formula is C21H24N6O2. The molecule has 29 heavy (non-hydrogen) atoms. The maximum atomic E-state index is 12.9. The third-order valence-electron chi connectivity index (χ3n) is 6.14. The average Bonchev–Trinajstić information content (AvgIpc) is 3.34. The van der Waals surface area contributed by atoms with Crippen LogP contribution in [-0.4, -0.2) is 55.1 Å². The maximum absolute atomic E-state index is 12.9. The van der Waals surface area contributed by atoms with Crippen LogP contribution in [0.5, 0.6) is 0 Å². The summed E-state index contributed by atoms with van der Waals surface area (Å²) in [4.78, 5) is 35.1. The van der Waals surface area contributed by atoms with Gasteiger partial charge in [-0.05, 0) is 45.2 Å². The standard InChI is InChI=1S/C21H24N6O2/c1-13(2)27-18-15(12-24-27)10-21(25-19(18)28)4-7-26(8-5-21)20(29)14-9-17-16(23-11-14)3-6-22-17/h3,6,9,11-13,22H,4-5,7-8,10H2,1-2H3,(H,25,28). The van der Waals surface area contributed by atoms with Gasteiger partial charge in [-0.25, -0.2) is 0 Å². The molecule has 2 aliphatic heterocycles. The molecule has 0 bridgehead atoms. The van der Waals surface area contributed by atoms with Crippen molar-refractivity contribution in [3.05, 3.63) is 47.5 Å². The minimum Gasteiger partial charge on any atom is -0.360 e. The second-order valence-corrected chi connectivity index (χ2v) is 8.39. The average molecular weight is 392 g/mol. The third-order valence-corrected chi connectivity index (χ3v) is 6.14. The fourth-order valence-corrected chi connectivity index (χ4v) is 4.55. The maximum Gasteiger partial charge on any atom is 0.270 e. The topological polar surface area (TPSA) is 95.9 Å². The van der Waals surface area contributed by atoms with Crippen molar-refractivity contribution in [1.29, 1.82) is 0 Å². The number of H-pyrrole nitrogens is 1. The van der Waals surface area contributed by atoms with Gasteiger partial charge < -0.3 is 15.2 Å². The van der Waals surface area contributed by atoms with E-state index in [4.69, 9.17) is 0 Å². The minimum atomic E-state index is -0.298. The zero-order chi connectivity index (χ0) is 20.2. The molecule has 8 nitrogen and oxygen atoms in total. The van der Waals surface area contributed by atoms with Crippen LogP contribution in [0.2, 0.25) is 0 Å². The first kappa shape index (κ1) is 17.9. The number of pyridine rings is 1. The Balaban J connectivity index is 1.32. The predicted molar refractivity (Wildman–Crippen MR) is 108 cm³/mol. The second kappa shape index (κ2) is 6.43. The van der Waals surface area contributed by atoms with Gasteiger partial charge in [0.1, 0.15) is 5.69 Å². The van der Waals surface area contributed by atoms with Crippen LogP contribution in [0.15, 0.2) is 30.7 Å². The normalized spacial score (nSPS) is 18.3. The summed E-state index contributed by atoms with van der Waals surface area (Å²) in [6.07, 6.45) is 7.50. The third kappa shape index (κ3) is 2.90. The molecule has 2 amide bonds. The van der Waals surface area contributed by atoms with Crippen molar-refractivity contribution in [2.75, 3.05) is 13.1 Å². The van der Waals surface area contributed by atoms with Crippen LogP contribution in [0.25, 0.3) is 11.0 Å². The molecule has 3 aromatic rings. The molecular weight excluding hydrogens is 368 g/mol. The highest BCUT2D eigenvalue weighted by atomic mass is 16.2. The van der Waals surface area contributed by atoms with E-state index in [1.165, 1.54) is 0 Å². The van der Waals surface area contributed by atoms with Gasteiger partial charge in [-0.15, -0.1) is 0 Å². The number of carbonyl (C=O) groups excluding carboxylic acids is 2. The lowest BCUT2D eigenvalue weighted by Gasteiger charge is -2.44. The van der Waals surface area contributed by atoms with Gasteiger partial charge in [-0.3, -0.25) is 19.3 Å². The lowest BCUT2D eigenvalue weighted by molar-refractivity contribution is 0.0603. The Bertz CT molecular complexity index is 1100. The summed E-state index contributed by atoms with van der Waals surface area (Å²) >= 11 is 0. The smallest absolute Gasteiger partial charge is 0.270 e. The number of fused-ring (bicyclic) bond motifs is 2. The Morgan fingerprint density at radius 3 is 2.79 bits per heavy atom. The Morgan fingerprint density at radius 1 is 1.24 bits per heavy atom. The van der Waals surface area contributed by atoms with Gasteiger partial charge in [-0.1, -0.05) is 0 Å². The zero-order valence-corrected chi connectivity index (χ0v) is 16.6. The summed E-state index contributed by atoms with van der Waals surface area (Å²) in [5.74, 6) is -0.0714. The predicted octanol–water partition coefficient (Wildman–Crippen LogP) is 2.30. The van der Waals surface area contributed by atoms with Crippen molar-refractivity contribution in [1.82, 2.24) is 30.0 Å². The lowest BCUT2D eigenvalue weighted by Crippen LogP contribution is -2.59. The minimum absolute atomic E-state index is 0.0145. The van der Waals surface area contributed by atoms with Crippen molar-refractivity contribution in [3.63, 3.8) is 0 Å². The van der Waals surface area contributed by atoms with Gasteiger partial charge in [0.25, 0.3) is 11.8 Å². The molecule has 0 atom stereocenters. The van der Waals surface area contributed by atoms with Crippen molar-refractivity contribution in [2.45, 2.75) is 44.7 Å². The Morgan fingerprint density at radius 2 is 2.03 bits per heavy atom. The van der Waals surface area contributed by atoms with Gasteiger partial charge in [0.05, 0.1) is 22.8 Å². The number of aromatic nitrogens is 4. The Labute approximate surface area is 168 Å². The first-order valence-corrected chi connectivity index (χ1v) is 10.1. The number of carbonyl (C=O) groups is 2. The van der Waals surface area contributed by atoms with E-state index >= 15 is 0 Å². The van der Waals surface area contributed by atoms with E-state index < -0.39 is 0 Å². The van der Waals surface area contributed by atoms with Crippen LogP contribution in [-0.2, 0) is 6.42 Å². The molecule has 8 heteroatoms. The quantitative estimate of drug-likeness (QED) is 0.699. The summed E-state index contributed by atoms with van der Waals surface area (Å²) in [7, 11) is 0. The van der Waals surface area contributed by atoms with Crippen LogP contribution < -0.4 is 5.32 Å². The number of aromatic amines is 1. The highest BCUT2D eigenvalue weighted by molar-refractivity contribution is 5.97. The van der Waals surface area contributed by atoms with Crippen molar-refractivity contribution >= 4 is 22.8 Å². The van der Waals surface area contributed by atoms with Crippen LogP contribution in [0.4, 0.5) is 0 Å². The van der Waals surface area contributed by atoms with Crippen molar-refractivity contribution < 1.29 is 9.59 Å². The zero-order valence-electron chi connectivity index (χ0n) is 16.6. The number of amides is 2. The molecule has 1 fully saturated rings. The molecule has 5 heterocycles. The fraction of sp³-hybridized carbons (Fsp3) is 0.429. The van der Waals surface area contributed by atoms with Gasteiger partial charge in [0.2, 0.25) is 0 Å². The summed E-state index contributed by atoms with van der Waals surface area (Å²) in [5, 5.41) is 7.64. The monoisotopic (exact) mass is 392 g/mol. The summed E-state index contributed by atoms with van der Waals surface area (Å²) in [5.41, 5.74) is 3.68. The summed E-state index contributed by atoms with van der Waals surface area (Å²) < 4.78 is 1.79. The largest absolute Gasteiger partial charge is 0.360 e. The molecule has 2 aliphatic rings. The SMILES string of the molecule is CC(C)n1ncc2c1C(=O)NC1(CCN(C(=O)c3cnc4cc[nH]c4c3)CC1)C2. The van der Waals surface area contributed by atoms with Crippen LogP contribution >= 0.6 is 0 Å². The molecule has 1 saturated heterocycles. The van der Waals surface area contributed by atoms with Gasteiger partial charge in [0.15, 0.2) is 0 Å². The number of hydrogen-bond acceptors (Lipinski definition) is 4. The molecule has 0 saturated carbocycles. The first-order valence-electron chi connectivity index (χ1n) is 10.1. The van der Waals surface area contributed by atoms with Crippen LogP contribution in [0.3, 0.4) is 0 Å². The number of rotatable bonds is 2.